The third-order valence-electron chi connectivity index (χ3n) is 6.06. The number of hydrogen-bond acceptors (Lipinski definition) is 8. The maximum absolute atomic E-state index is 15.0. The van der Waals surface area contributed by atoms with Gasteiger partial charge in [0, 0.05) is 23.0 Å². The van der Waals surface area contributed by atoms with Crippen molar-refractivity contribution >= 4 is 44.9 Å². The predicted octanol–water partition coefficient (Wildman–Crippen LogP) is 7.45. The van der Waals surface area contributed by atoms with E-state index in [1.54, 1.807) is 19.1 Å². The molecule has 4 aromatic rings. The number of hydrogen-bond donors (Lipinski definition) is 3. The maximum atomic E-state index is 15.0. The Hall–Kier alpha value is -5.32. The second kappa shape index (κ2) is 13.8. The average molecular weight is 665 g/mol. The number of amides is 3. The SMILES string of the molecule is CCOC(=O)N=S(C)(=O)c1cccc(Nc2ncc(-c3ccc(NC(=O)Nc4cc(C(F)(F)F)ccc4F)c(F)c3)c(OC)n2)c1. The molecule has 0 spiro atoms. The normalized spacial score (nSPS) is 12.4. The highest BCUT2D eigenvalue weighted by molar-refractivity contribution is 7.93. The summed E-state index contributed by atoms with van der Waals surface area (Å²) in [5.74, 6) is -1.97. The molecule has 17 heteroatoms. The molecule has 1 heterocycles. The zero-order chi connectivity index (χ0) is 33.6. The zero-order valence-electron chi connectivity index (χ0n) is 24.2. The summed E-state index contributed by atoms with van der Waals surface area (Å²) in [4.78, 5) is 32.8. The van der Waals surface area contributed by atoms with Gasteiger partial charge in [0.05, 0.1) is 45.9 Å². The predicted molar refractivity (Wildman–Crippen MR) is 160 cm³/mol. The number of anilines is 4. The molecule has 4 rings (SSSR count). The summed E-state index contributed by atoms with van der Waals surface area (Å²) in [6.45, 7) is 1.67. The minimum absolute atomic E-state index is 0.0307. The molecule has 3 aromatic carbocycles. The molecule has 0 bridgehead atoms. The van der Waals surface area contributed by atoms with E-state index < -0.39 is 50.9 Å². The van der Waals surface area contributed by atoms with Crippen LogP contribution in [0.4, 0.5) is 54.6 Å². The van der Waals surface area contributed by atoms with Crippen molar-refractivity contribution in [1.29, 1.82) is 0 Å². The van der Waals surface area contributed by atoms with Gasteiger partial charge in [-0.15, -0.1) is 4.36 Å². The van der Waals surface area contributed by atoms with E-state index in [9.17, 15) is 35.8 Å². The highest BCUT2D eigenvalue weighted by Crippen LogP contribution is 2.33. The Balaban J connectivity index is 1.50. The number of nitrogens with zero attached hydrogens (tertiary/aromatic N) is 3. The fourth-order valence-corrected chi connectivity index (χ4v) is 5.04. The Labute approximate surface area is 259 Å². The first-order valence-corrected chi connectivity index (χ1v) is 15.0. The Bertz CT molecular complexity index is 1910. The van der Waals surface area contributed by atoms with E-state index in [-0.39, 0.29) is 40.1 Å². The summed E-state index contributed by atoms with van der Waals surface area (Å²) in [5, 5.41) is 6.98. The number of aromatic nitrogens is 2. The van der Waals surface area contributed by atoms with Gasteiger partial charge in [0.15, 0.2) is 0 Å². The molecule has 1 atom stereocenters. The molecule has 11 nitrogen and oxygen atoms in total. The Kier molecular flexibility index (Phi) is 10.0. The molecule has 3 N–H and O–H groups in total. The fourth-order valence-electron chi connectivity index (χ4n) is 3.92. The lowest BCUT2D eigenvalue weighted by Crippen LogP contribution is -2.21. The van der Waals surface area contributed by atoms with E-state index in [4.69, 9.17) is 9.47 Å². The Morgan fingerprint density at radius 3 is 2.39 bits per heavy atom. The lowest BCUT2D eigenvalue weighted by Gasteiger charge is -2.13. The minimum Gasteiger partial charge on any atom is -0.480 e. The van der Waals surface area contributed by atoms with Crippen molar-refractivity contribution in [3.05, 3.63) is 84.1 Å². The first kappa shape index (κ1) is 33.6. The molecule has 0 saturated carbocycles. The van der Waals surface area contributed by atoms with Crippen LogP contribution in [0, 0.1) is 11.6 Å². The van der Waals surface area contributed by atoms with Gasteiger partial charge in [-0.3, -0.25) is 0 Å². The summed E-state index contributed by atoms with van der Waals surface area (Å²) in [6.07, 6.45) is -3.09. The third kappa shape index (κ3) is 8.23. The highest BCUT2D eigenvalue weighted by atomic mass is 32.2. The second-order valence-electron chi connectivity index (χ2n) is 9.33. The van der Waals surface area contributed by atoms with Crippen molar-refractivity contribution in [2.45, 2.75) is 18.0 Å². The average Bonchev–Trinajstić information content (AvgIpc) is 2.98. The van der Waals surface area contributed by atoms with Crippen LogP contribution in [0.2, 0.25) is 0 Å². The number of nitrogens with one attached hydrogen (secondary N) is 3. The summed E-state index contributed by atoms with van der Waals surface area (Å²) in [7, 11) is -1.80. The molecule has 242 valence electrons. The second-order valence-corrected chi connectivity index (χ2v) is 11.6. The quantitative estimate of drug-likeness (QED) is 0.165. The van der Waals surface area contributed by atoms with Gasteiger partial charge in [-0.2, -0.15) is 18.2 Å². The molecular formula is C29H25F5N6O5S. The molecule has 0 aliphatic rings. The number of rotatable bonds is 8. The minimum atomic E-state index is -4.77. The number of methoxy groups -OCH3 is 1. The van der Waals surface area contributed by atoms with Crippen molar-refractivity contribution in [3.63, 3.8) is 0 Å². The standard InChI is InChI=1S/C29H25F5N6O5S/c1-4-45-28(42)40-46(3,43)19-7-5-6-18(14-19)36-26-35-15-20(25(39-26)44-2)16-8-11-23(22(31)12-16)37-27(41)38-24-13-17(29(32,33)34)9-10-21(24)30/h5-15H,4H2,1-3H3,(H,35,36,39)(H2,37,38,41). The number of urea groups is 1. The van der Waals surface area contributed by atoms with Crippen LogP contribution >= 0.6 is 0 Å². The summed E-state index contributed by atoms with van der Waals surface area (Å²) >= 11 is 0. The molecule has 0 aliphatic carbocycles. The molecule has 46 heavy (non-hydrogen) atoms. The topological polar surface area (TPSA) is 144 Å². The highest BCUT2D eigenvalue weighted by Gasteiger charge is 2.31. The van der Waals surface area contributed by atoms with Gasteiger partial charge in [-0.1, -0.05) is 12.1 Å². The van der Waals surface area contributed by atoms with Gasteiger partial charge in [0.25, 0.3) is 0 Å². The van der Waals surface area contributed by atoms with Crippen molar-refractivity contribution < 1.29 is 45.2 Å². The van der Waals surface area contributed by atoms with Crippen LogP contribution in [0.3, 0.4) is 0 Å². The fraction of sp³-hybridized carbons (Fsp3) is 0.172. The van der Waals surface area contributed by atoms with Gasteiger partial charge >= 0.3 is 18.3 Å². The van der Waals surface area contributed by atoms with E-state index >= 15 is 0 Å². The van der Waals surface area contributed by atoms with E-state index in [0.29, 0.717) is 23.9 Å². The van der Waals surface area contributed by atoms with Gasteiger partial charge in [-0.05, 0) is 61.0 Å². The first-order chi connectivity index (χ1) is 21.7. The largest absolute Gasteiger partial charge is 0.480 e. The van der Waals surface area contributed by atoms with Crippen molar-refractivity contribution in [1.82, 2.24) is 9.97 Å². The van der Waals surface area contributed by atoms with Crippen molar-refractivity contribution in [2.24, 2.45) is 4.36 Å². The lowest BCUT2D eigenvalue weighted by atomic mass is 10.1. The molecule has 0 aliphatic heterocycles. The monoisotopic (exact) mass is 664 g/mol. The maximum Gasteiger partial charge on any atom is 0.442 e. The summed E-state index contributed by atoms with van der Waals surface area (Å²) in [5.41, 5.74) is -1.38. The molecule has 0 saturated heterocycles. The number of carbonyl (C=O) groups excluding carboxylic acids is 2. The van der Waals surface area contributed by atoms with Crippen LogP contribution < -0.4 is 20.7 Å². The molecule has 3 amide bonds. The molecule has 1 unspecified atom stereocenters. The molecule has 0 fully saturated rings. The number of halogens is 5. The van der Waals surface area contributed by atoms with Crippen LogP contribution in [-0.2, 0) is 20.6 Å². The molecular weight excluding hydrogens is 639 g/mol. The van der Waals surface area contributed by atoms with Gasteiger partial charge in [0.2, 0.25) is 11.8 Å². The van der Waals surface area contributed by atoms with Crippen molar-refractivity contribution in [2.75, 3.05) is 35.9 Å². The van der Waals surface area contributed by atoms with E-state index in [0.717, 1.165) is 6.07 Å². The number of ether oxygens (including phenoxy) is 2. The first-order valence-electron chi connectivity index (χ1n) is 13.1. The number of carbonyl (C=O) groups is 2. The molecule has 0 radical (unpaired) electrons. The van der Waals surface area contributed by atoms with Crippen LogP contribution in [0.25, 0.3) is 11.1 Å². The smallest absolute Gasteiger partial charge is 0.442 e. The number of benzene rings is 3. The zero-order valence-corrected chi connectivity index (χ0v) is 25.1. The van der Waals surface area contributed by atoms with Gasteiger partial charge < -0.3 is 25.4 Å². The van der Waals surface area contributed by atoms with Crippen LogP contribution in [-0.4, -0.2) is 46.3 Å². The Morgan fingerprint density at radius 1 is 0.978 bits per heavy atom. The lowest BCUT2D eigenvalue weighted by molar-refractivity contribution is -0.137. The van der Waals surface area contributed by atoms with Gasteiger partial charge in [0.1, 0.15) is 11.6 Å². The van der Waals surface area contributed by atoms with E-state index in [1.165, 1.54) is 43.8 Å². The van der Waals surface area contributed by atoms with Gasteiger partial charge in [-0.25, -0.2) is 27.6 Å². The van der Waals surface area contributed by atoms with Crippen LogP contribution in [0.15, 0.2) is 76.1 Å². The summed E-state index contributed by atoms with van der Waals surface area (Å²) in [6, 6.07) is 10.1. The Morgan fingerprint density at radius 2 is 1.72 bits per heavy atom. The van der Waals surface area contributed by atoms with E-state index in [2.05, 4.69) is 25.0 Å². The van der Waals surface area contributed by atoms with Crippen LogP contribution in [0.5, 0.6) is 5.88 Å². The third-order valence-corrected chi connectivity index (χ3v) is 7.69. The van der Waals surface area contributed by atoms with Crippen LogP contribution in [0.1, 0.15) is 12.5 Å². The number of alkyl halides is 3. The van der Waals surface area contributed by atoms with Crippen molar-refractivity contribution in [3.8, 4) is 17.0 Å². The molecule has 1 aromatic heterocycles. The summed E-state index contributed by atoms with van der Waals surface area (Å²) < 4.78 is 94.5. The van der Waals surface area contributed by atoms with E-state index in [1.807, 2.05) is 5.32 Å².